The Balaban J connectivity index is 2.38. The summed E-state index contributed by atoms with van der Waals surface area (Å²) in [6.45, 7) is 7.73. The van der Waals surface area contributed by atoms with Gasteiger partial charge in [0.15, 0.2) is 0 Å². The lowest BCUT2D eigenvalue weighted by atomic mass is 9.91. The molecule has 0 aromatic rings. The fraction of sp³-hybridized carbons (Fsp3) is 0.917. The van der Waals surface area contributed by atoms with Gasteiger partial charge in [0, 0.05) is 0 Å². The molecule has 1 saturated heterocycles. The number of esters is 1. The van der Waals surface area contributed by atoms with Crippen molar-refractivity contribution in [1.29, 1.82) is 0 Å². The normalized spacial score (nSPS) is 22.8. The van der Waals surface area contributed by atoms with E-state index in [0.29, 0.717) is 12.5 Å². The Morgan fingerprint density at radius 3 is 2.44 bits per heavy atom. The second-order valence-corrected chi connectivity index (χ2v) is 4.54. The Morgan fingerprint density at radius 1 is 1.44 bits per heavy atom. The molecule has 1 aliphatic heterocycles. The zero-order valence-corrected chi connectivity index (χ0v) is 10.5. The van der Waals surface area contributed by atoms with Crippen molar-refractivity contribution in [3.8, 4) is 0 Å². The number of hydrogen-bond donors (Lipinski definition) is 1. The van der Waals surface area contributed by atoms with E-state index in [1.807, 2.05) is 20.8 Å². The van der Waals surface area contributed by atoms with Gasteiger partial charge in [0.1, 0.15) is 6.04 Å². The number of nitrogens with zero attached hydrogens (tertiary/aromatic N) is 1. The van der Waals surface area contributed by atoms with E-state index in [0.717, 1.165) is 25.9 Å². The largest absolute Gasteiger partial charge is 0.465 e. The maximum absolute atomic E-state index is 11.5. The van der Waals surface area contributed by atoms with Crippen molar-refractivity contribution in [2.24, 2.45) is 5.92 Å². The van der Waals surface area contributed by atoms with E-state index in [-0.39, 0.29) is 18.1 Å². The van der Waals surface area contributed by atoms with Gasteiger partial charge < -0.3 is 9.84 Å². The summed E-state index contributed by atoms with van der Waals surface area (Å²) in [5, 5.41) is 9.49. The number of hydrogen-bond acceptors (Lipinski definition) is 4. The van der Waals surface area contributed by atoms with Crippen LogP contribution in [0.1, 0.15) is 33.6 Å². The van der Waals surface area contributed by atoms with Gasteiger partial charge in [-0.25, -0.2) is 0 Å². The molecule has 1 heterocycles. The number of carbonyl (C=O) groups is 1. The summed E-state index contributed by atoms with van der Waals surface area (Å²) < 4.78 is 5.00. The molecule has 1 rings (SSSR count). The molecule has 2 atom stereocenters. The predicted octanol–water partition coefficient (Wildman–Crippen LogP) is 1.03. The van der Waals surface area contributed by atoms with E-state index in [4.69, 9.17) is 4.74 Å². The smallest absolute Gasteiger partial charge is 0.323 e. The number of likely N-dealkylation sites (tertiary alicyclic amines) is 1. The minimum atomic E-state index is -0.236. The van der Waals surface area contributed by atoms with Crippen LogP contribution in [0.2, 0.25) is 0 Å². The summed E-state index contributed by atoms with van der Waals surface area (Å²) in [6.07, 6.45) is 1.68. The van der Waals surface area contributed by atoms with Gasteiger partial charge in [0.25, 0.3) is 0 Å². The highest BCUT2D eigenvalue weighted by atomic mass is 16.5. The molecule has 2 unspecified atom stereocenters. The van der Waals surface area contributed by atoms with Crippen molar-refractivity contribution in [2.45, 2.75) is 45.8 Å². The molecule has 0 spiro atoms. The first-order chi connectivity index (χ1) is 7.56. The van der Waals surface area contributed by atoms with E-state index in [1.165, 1.54) is 0 Å². The van der Waals surface area contributed by atoms with Crippen LogP contribution in [0.3, 0.4) is 0 Å². The molecular formula is C12H23NO3. The van der Waals surface area contributed by atoms with E-state index < -0.39 is 0 Å². The fourth-order valence-electron chi connectivity index (χ4n) is 2.20. The van der Waals surface area contributed by atoms with Gasteiger partial charge in [0.2, 0.25) is 0 Å². The molecule has 16 heavy (non-hydrogen) atoms. The molecule has 4 heteroatoms. The predicted molar refractivity (Wildman–Crippen MR) is 62.1 cm³/mol. The topological polar surface area (TPSA) is 49.8 Å². The molecule has 0 radical (unpaired) electrons. The summed E-state index contributed by atoms with van der Waals surface area (Å²) in [4.78, 5) is 13.7. The van der Waals surface area contributed by atoms with Gasteiger partial charge in [-0.2, -0.15) is 0 Å². The number of piperidine rings is 1. The van der Waals surface area contributed by atoms with Crippen LogP contribution in [-0.2, 0) is 9.53 Å². The third-order valence-corrected chi connectivity index (χ3v) is 3.43. The van der Waals surface area contributed by atoms with Crippen LogP contribution >= 0.6 is 0 Å². The summed E-state index contributed by atoms with van der Waals surface area (Å²) in [6, 6.07) is -0.158. The molecule has 1 N–H and O–H groups in total. The zero-order chi connectivity index (χ0) is 12.1. The lowest BCUT2D eigenvalue weighted by molar-refractivity contribution is -0.149. The number of aliphatic hydroxyl groups is 1. The summed E-state index contributed by atoms with van der Waals surface area (Å²) in [5.41, 5.74) is 0. The summed E-state index contributed by atoms with van der Waals surface area (Å²) in [7, 11) is 0. The first kappa shape index (κ1) is 13.5. The Hall–Kier alpha value is -0.610. The second kappa shape index (κ2) is 6.21. The Kier molecular flexibility index (Phi) is 5.22. The van der Waals surface area contributed by atoms with Gasteiger partial charge in [-0.05, 0) is 52.6 Å². The molecule has 0 bridgehead atoms. The molecule has 0 saturated carbocycles. The molecule has 1 aliphatic rings. The minimum Gasteiger partial charge on any atom is -0.465 e. The molecule has 1 fully saturated rings. The first-order valence-electron chi connectivity index (χ1n) is 6.15. The fourth-order valence-corrected chi connectivity index (χ4v) is 2.20. The van der Waals surface area contributed by atoms with Gasteiger partial charge in [-0.1, -0.05) is 0 Å². The average molecular weight is 229 g/mol. The lowest BCUT2D eigenvalue weighted by Gasteiger charge is -2.35. The monoisotopic (exact) mass is 229 g/mol. The highest BCUT2D eigenvalue weighted by Crippen LogP contribution is 2.22. The Labute approximate surface area is 97.6 Å². The Morgan fingerprint density at radius 2 is 2.00 bits per heavy atom. The minimum absolute atomic E-state index is 0.141. The van der Waals surface area contributed by atoms with Crippen LogP contribution in [0.4, 0.5) is 0 Å². The van der Waals surface area contributed by atoms with Gasteiger partial charge in [-0.15, -0.1) is 0 Å². The first-order valence-corrected chi connectivity index (χ1v) is 6.15. The van der Waals surface area contributed by atoms with Gasteiger partial charge >= 0.3 is 5.97 Å². The van der Waals surface area contributed by atoms with Crippen molar-refractivity contribution in [1.82, 2.24) is 4.90 Å². The van der Waals surface area contributed by atoms with Crippen molar-refractivity contribution in [2.75, 3.05) is 19.7 Å². The maximum Gasteiger partial charge on any atom is 0.323 e. The standard InChI is InChI=1S/C12H23NO3/c1-4-16-12(15)9(2)13-7-5-11(6-8-13)10(3)14/h9-11,14H,4-8H2,1-3H3. The molecule has 0 aromatic heterocycles. The van der Waals surface area contributed by atoms with Crippen molar-refractivity contribution in [3.05, 3.63) is 0 Å². The number of rotatable bonds is 4. The summed E-state index contributed by atoms with van der Waals surface area (Å²) >= 11 is 0. The van der Waals surface area contributed by atoms with Crippen molar-refractivity contribution >= 4 is 5.97 Å². The molecule has 4 nitrogen and oxygen atoms in total. The van der Waals surface area contributed by atoms with Gasteiger partial charge in [0.05, 0.1) is 12.7 Å². The number of ether oxygens (including phenoxy) is 1. The number of carbonyl (C=O) groups excluding carboxylic acids is 1. The van der Waals surface area contributed by atoms with E-state index >= 15 is 0 Å². The van der Waals surface area contributed by atoms with Gasteiger partial charge in [-0.3, -0.25) is 9.69 Å². The van der Waals surface area contributed by atoms with Crippen molar-refractivity contribution < 1.29 is 14.6 Å². The van der Waals surface area contributed by atoms with Crippen LogP contribution in [0.5, 0.6) is 0 Å². The lowest BCUT2D eigenvalue weighted by Crippen LogP contribution is -2.46. The quantitative estimate of drug-likeness (QED) is 0.732. The third-order valence-electron chi connectivity index (χ3n) is 3.43. The molecule has 0 aliphatic carbocycles. The van der Waals surface area contributed by atoms with E-state index in [9.17, 15) is 9.90 Å². The van der Waals surface area contributed by atoms with E-state index in [1.54, 1.807) is 0 Å². The van der Waals surface area contributed by atoms with Crippen LogP contribution in [0.15, 0.2) is 0 Å². The van der Waals surface area contributed by atoms with Crippen LogP contribution < -0.4 is 0 Å². The van der Waals surface area contributed by atoms with Crippen LogP contribution in [0.25, 0.3) is 0 Å². The van der Waals surface area contributed by atoms with Crippen molar-refractivity contribution in [3.63, 3.8) is 0 Å². The molecule has 0 amide bonds. The highest BCUT2D eigenvalue weighted by Gasteiger charge is 2.28. The van der Waals surface area contributed by atoms with Crippen LogP contribution in [-0.4, -0.2) is 47.8 Å². The molecule has 0 aromatic carbocycles. The third kappa shape index (κ3) is 3.46. The van der Waals surface area contributed by atoms with E-state index in [2.05, 4.69) is 4.90 Å². The SMILES string of the molecule is CCOC(=O)C(C)N1CCC(C(C)O)CC1. The maximum atomic E-state index is 11.5. The van der Waals surface area contributed by atoms with Crippen LogP contribution in [0, 0.1) is 5.92 Å². The highest BCUT2D eigenvalue weighted by molar-refractivity contribution is 5.75. The second-order valence-electron chi connectivity index (χ2n) is 4.54. The molecule has 94 valence electrons. The molecular weight excluding hydrogens is 206 g/mol. The Bertz CT molecular complexity index is 222. The average Bonchev–Trinajstić information content (AvgIpc) is 2.28. The number of aliphatic hydroxyl groups excluding tert-OH is 1. The zero-order valence-electron chi connectivity index (χ0n) is 10.5. The summed E-state index contributed by atoms with van der Waals surface area (Å²) in [5.74, 6) is 0.239.